The number of piperidine rings is 1. The summed E-state index contributed by atoms with van der Waals surface area (Å²) in [5.41, 5.74) is 0. The SMILES string of the molecule is O=C(N[C@@H]1CCCC[C@H]1O)C1CCN(C(=O)COc2ccccc2)CC1. The lowest BCUT2D eigenvalue weighted by molar-refractivity contribution is -0.137. The van der Waals surface area contributed by atoms with Crippen LogP contribution < -0.4 is 10.1 Å². The topological polar surface area (TPSA) is 78.9 Å². The number of hydrogen-bond donors (Lipinski definition) is 2. The van der Waals surface area contributed by atoms with Gasteiger partial charge in [0.2, 0.25) is 5.91 Å². The van der Waals surface area contributed by atoms with E-state index in [2.05, 4.69) is 5.32 Å². The van der Waals surface area contributed by atoms with Crippen molar-refractivity contribution in [3.05, 3.63) is 30.3 Å². The lowest BCUT2D eigenvalue weighted by atomic mass is 9.90. The van der Waals surface area contributed by atoms with Crippen LogP contribution in [-0.4, -0.2) is 53.7 Å². The average molecular weight is 360 g/mol. The molecular weight excluding hydrogens is 332 g/mol. The van der Waals surface area contributed by atoms with E-state index >= 15 is 0 Å². The Morgan fingerprint density at radius 1 is 1.08 bits per heavy atom. The fraction of sp³-hybridized carbons (Fsp3) is 0.600. The summed E-state index contributed by atoms with van der Waals surface area (Å²) in [7, 11) is 0. The number of amides is 2. The number of hydrogen-bond acceptors (Lipinski definition) is 4. The number of aliphatic hydroxyl groups is 1. The maximum Gasteiger partial charge on any atom is 0.260 e. The third kappa shape index (κ3) is 4.97. The van der Waals surface area contributed by atoms with E-state index in [4.69, 9.17) is 4.74 Å². The Kier molecular flexibility index (Phi) is 6.50. The average Bonchev–Trinajstić information content (AvgIpc) is 2.69. The molecule has 3 rings (SSSR count). The van der Waals surface area contributed by atoms with Crippen LogP contribution in [0.15, 0.2) is 30.3 Å². The number of carbonyl (C=O) groups excluding carboxylic acids is 2. The number of benzene rings is 1. The number of nitrogens with one attached hydrogen (secondary N) is 1. The minimum Gasteiger partial charge on any atom is -0.484 e. The summed E-state index contributed by atoms with van der Waals surface area (Å²) in [4.78, 5) is 26.5. The van der Waals surface area contributed by atoms with Crippen LogP contribution in [0.3, 0.4) is 0 Å². The molecule has 2 atom stereocenters. The van der Waals surface area contributed by atoms with Gasteiger partial charge in [-0.25, -0.2) is 0 Å². The largest absolute Gasteiger partial charge is 0.484 e. The zero-order chi connectivity index (χ0) is 18.4. The highest BCUT2D eigenvalue weighted by molar-refractivity contribution is 5.80. The van der Waals surface area contributed by atoms with Gasteiger partial charge in [0, 0.05) is 19.0 Å². The van der Waals surface area contributed by atoms with Crippen molar-refractivity contribution in [2.24, 2.45) is 5.92 Å². The van der Waals surface area contributed by atoms with Gasteiger partial charge in [-0.15, -0.1) is 0 Å². The highest BCUT2D eigenvalue weighted by Crippen LogP contribution is 2.22. The van der Waals surface area contributed by atoms with Crippen LogP contribution in [0.4, 0.5) is 0 Å². The number of para-hydroxylation sites is 1. The van der Waals surface area contributed by atoms with Crippen molar-refractivity contribution in [2.45, 2.75) is 50.7 Å². The molecule has 1 aliphatic heterocycles. The Labute approximate surface area is 154 Å². The van der Waals surface area contributed by atoms with Crippen LogP contribution in [0, 0.1) is 5.92 Å². The van der Waals surface area contributed by atoms with Crippen LogP contribution in [0.2, 0.25) is 0 Å². The Bertz CT molecular complexity index is 599. The van der Waals surface area contributed by atoms with E-state index in [1.807, 2.05) is 30.3 Å². The molecule has 1 saturated carbocycles. The molecule has 0 aromatic heterocycles. The third-order valence-corrected chi connectivity index (χ3v) is 5.38. The molecular formula is C20H28N2O4. The van der Waals surface area contributed by atoms with Crippen LogP contribution in [0.1, 0.15) is 38.5 Å². The molecule has 1 aliphatic carbocycles. The van der Waals surface area contributed by atoms with Gasteiger partial charge in [0.1, 0.15) is 5.75 Å². The second-order valence-electron chi connectivity index (χ2n) is 7.22. The maximum atomic E-state index is 12.4. The smallest absolute Gasteiger partial charge is 0.260 e. The Balaban J connectivity index is 1.40. The van der Waals surface area contributed by atoms with E-state index in [0.717, 1.165) is 25.7 Å². The molecule has 1 aromatic carbocycles. The molecule has 0 radical (unpaired) electrons. The van der Waals surface area contributed by atoms with E-state index in [1.54, 1.807) is 4.90 Å². The van der Waals surface area contributed by atoms with Gasteiger partial charge in [0.25, 0.3) is 5.91 Å². The molecule has 0 bridgehead atoms. The van der Waals surface area contributed by atoms with E-state index in [1.165, 1.54) is 0 Å². The van der Waals surface area contributed by atoms with Crippen molar-refractivity contribution < 1.29 is 19.4 Å². The summed E-state index contributed by atoms with van der Waals surface area (Å²) >= 11 is 0. The van der Waals surface area contributed by atoms with Crippen molar-refractivity contribution in [2.75, 3.05) is 19.7 Å². The van der Waals surface area contributed by atoms with Gasteiger partial charge < -0.3 is 20.1 Å². The lowest BCUT2D eigenvalue weighted by Crippen LogP contribution is -2.50. The van der Waals surface area contributed by atoms with Crippen molar-refractivity contribution >= 4 is 11.8 Å². The van der Waals surface area contributed by atoms with Gasteiger partial charge in [-0.2, -0.15) is 0 Å². The number of likely N-dealkylation sites (tertiary alicyclic amines) is 1. The Morgan fingerprint density at radius 2 is 1.77 bits per heavy atom. The van der Waals surface area contributed by atoms with Crippen LogP contribution in [0.5, 0.6) is 5.75 Å². The second-order valence-corrected chi connectivity index (χ2v) is 7.22. The van der Waals surface area contributed by atoms with Crippen LogP contribution in [-0.2, 0) is 9.59 Å². The van der Waals surface area contributed by atoms with Crippen molar-refractivity contribution in [1.29, 1.82) is 0 Å². The molecule has 26 heavy (non-hydrogen) atoms. The van der Waals surface area contributed by atoms with Gasteiger partial charge in [0.05, 0.1) is 12.1 Å². The fourth-order valence-electron chi connectivity index (χ4n) is 3.72. The molecule has 1 heterocycles. The number of rotatable bonds is 5. The highest BCUT2D eigenvalue weighted by atomic mass is 16.5. The van der Waals surface area contributed by atoms with E-state index in [-0.39, 0.29) is 30.4 Å². The molecule has 1 aromatic rings. The van der Waals surface area contributed by atoms with Crippen LogP contribution >= 0.6 is 0 Å². The third-order valence-electron chi connectivity index (χ3n) is 5.38. The van der Waals surface area contributed by atoms with Gasteiger partial charge in [-0.1, -0.05) is 31.0 Å². The molecule has 0 spiro atoms. The summed E-state index contributed by atoms with van der Waals surface area (Å²) < 4.78 is 5.51. The molecule has 142 valence electrons. The first-order chi connectivity index (χ1) is 12.6. The summed E-state index contributed by atoms with van der Waals surface area (Å²) in [5.74, 6) is 0.573. The number of ether oxygens (including phenoxy) is 1. The van der Waals surface area contributed by atoms with Crippen LogP contribution in [0.25, 0.3) is 0 Å². The molecule has 2 amide bonds. The molecule has 6 heteroatoms. The summed E-state index contributed by atoms with van der Waals surface area (Å²) in [6.07, 6.45) is 4.58. The summed E-state index contributed by atoms with van der Waals surface area (Å²) in [6, 6.07) is 9.17. The van der Waals surface area contributed by atoms with E-state index in [9.17, 15) is 14.7 Å². The van der Waals surface area contributed by atoms with Gasteiger partial charge >= 0.3 is 0 Å². The van der Waals surface area contributed by atoms with Gasteiger partial charge in [-0.3, -0.25) is 9.59 Å². The molecule has 6 nitrogen and oxygen atoms in total. The first kappa shape index (κ1) is 18.7. The fourth-order valence-corrected chi connectivity index (χ4v) is 3.72. The number of carbonyl (C=O) groups is 2. The van der Waals surface area contributed by atoms with E-state index < -0.39 is 6.10 Å². The normalized spacial score (nSPS) is 24.1. The molecule has 2 fully saturated rings. The number of aliphatic hydroxyl groups excluding tert-OH is 1. The van der Waals surface area contributed by atoms with Gasteiger partial charge in [0.15, 0.2) is 6.61 Å². The number of nitrogens with zero attached hydrogens (tertiary/aromatic N) is 1. The van der Waals surface area contributed by atoms with Crippen molar-refractivity contribution in [1.82, 2.24) is 10.2 Å². The van der Waals surface area contributed by atoms with E-state index in [0.29, 0.717) is 31.7 Å². The zero-order valence-electron chi connectivity index (χ0n) is 15.1. The monoisotopic (exact) mass is 360 g/mol. The molecule has 2 N–H and O–H groups in total. The standard InChI is InChI=1S/C20H28N2O4/c23-18-9-5-4-8-17(18)21-20(25)15-10-12-22(13-11-15)19(24)14-26-16-6-2-1-3-7-16/h1-3,6-7,15,17-18,23H,4-5,8-14H2,(H,21,25)/t17-,18-/m1/s1. The predicted octanol–water partition coefficient (Wildman–Crippen LogP) is 1.72. The molecule has 2 aliphatic rings. The summed E-state index contributed by atoms with van der Waals surface area (Å²) in [6.45, 7) is 1.17. The first-order valence-electron chi connectivity index (χ1n) is 9.57. The first-order valence-corrected chi connectivity index (χ1v) is 9.57. The minimum absolute atomic E-state index is 0.0172. The second kappa shape index (κ2) is 9.03. The summed E-state index contributed by atoms with van der Waals surface area (Å²) in [5, 5.41) is 13.0. The van der Waals surface area contributed by atoms with Crippen molar-refractivity contribution in [3.8, 4) is 5.75 Å². The minimum atomic E-state index is -0.426. The van der Waals surface area contributed by atoms with Crippen molar-refractivity contribution in [3.63, 3.8) is 0 Å². The quantitative estimate of drug-likeness (QED) is 0.838. The Hall–Kier alpha value is -2.08. The highest BCUT2D eigenvalue weighted by Gasteiger charge is 2.31. The molecule has 1 saturated heterocycles. The zero-order valence-corrected chi connectivity index (χ0v) is 15.1. The van der Waals surface area contributed by atoms with Gasteiger partial charge in [-0.05, 0) is 37.8 Å². The molecule has 0 unspecified atom stereocenters. The lowest BCUT2D eigenvalue weighted by Gasteiger charge is -2.34. The predicted molar refractivity (Wildman–Crippen MR) is 97.6 cm³/mol. The maximum absolute atomic E-state index is 12.4. The Morgan fingerprint density at radius 3 is 2.46 bits per heavy atom.